The van der Waals surface area contributed by atoms with Crippen LogP contribution in [0.15, 0.2) is 21.7 Å². The number of hydrogen-bond donors (Lipinski definition) is 0. The van der Waals surface area contributed by atoms with Crippen molar-refractivity contribution in [1.29, 1.82) is 0 Å². The van der Waals surface area contributed by atoms with Gasteiger partial charge in [-0.25, -0.2) is 13.8 Å². The molecule has 146 valence electrons. The van der Waals surface area contributed by atoms with E-state index in [2.05, 4.69) is 20.0 Å². The summed E-state index contributed by atoms with van der Waals surface area (Å²) in [4.78, 5) is 22.4. The first-order valence-corrected chi connectivity index (χ1v) is 9.48. The number of aromatic nitrogens is 4. The summed E-state index contributed by atoms with van der Waals surface area (Å²) in [6, 6.07) is 0.926. The zero-order valence-corrected chi connectivity index (χ0v) is 15.1. The van der Waals surface area contributed by atoms with Crippen LogP contribution in [-0.2, 0) is 13.1 Å². The van der Waals surface area contributed by atoms with Gasteiger partial charge in [-0.2, -0.15) is 4.98 Å². The van der Waals surface area contributed by atoms with Crippen molar-refractivity contribution in [3.63, 3.8) is 0 Å². The predicted molar refractivity (Wildman–Crippen MR) is 92.3 cm³/mol. The molecule has 2 fully saturated rings. The third kappa shape index (κ3) is 4.23. The van der Waals surface area contributed by atoms with Crippen LogP contribution in [0.5, 0.6) is 0 Å². The number of rotatable bonds is 6. The number of halogens is 2. The Balaban J connectivity index is 1.27. The van der Waals surface area contributed by atoms with Crippen LogP contribution in [0.3, 0.4) is 0 Å². The molecule has 1 saturated carbocycles. The van der Waals surface area contributed by atoms with Crippen LogP contribution < -0.4 is 5.56 Å². The highest BCUT2D eigenvalue weighted by Gasteiger charge is 2.26. The lowest BCUT2D eigenvalue weighted by molar-refractivity contribution is 0.144. The molecule has 27 heavy (non-hydrogen) atoms. The normalized spacial score (nSPS) is 19.5. The van der Waals surface area contributed by atoms with Crippen LogP contribution >= 0.6 is 0 Å². The summed E-state index contributed by atoms with van der Waals surface area (Å²) in [5.74, 6) is 2.28. The molecule has 7 nitrogen and oxygen atoms in total. The summed E-state index contributed by atoms with van der Waals surface area (Å²) < 4.78 is 32.0. The van der Waals surface area contributed by atoms with Crippen molar-refractivity contribution in [3.05, 3.63) is 40.2 Å². The standard InChI is InChI=1S/C18H23F2N5O2/c19-17(20)14-8-16(26)25(11-21-14)9-12-4-6-24(7-5-12)10-15-22-18(27-23-15)13-2-1-3-13/h8,11-13,17H,1-7,9-10H2. The Morgan fingerprint density at radius 1 is 1.22 bits per heavy atom. The monoisotopic (exact) mass is 379 g/mol. The van der Waals surface area contributed by atoms with E-state index in [-0.39, 0.29) is 0 Å². The van der Waals surface area contributed by atoms with Crippen LogP contribution in [0.1, 0.15) is 61.9 Å². The minimum absolute atomic E-state index is 0.328. The lowest BCUT2D eigenvalue weighted by Gasteiger charge is -2.31. The van der Waals surface area contributed by atoms with Crippen molar-refractivity contribution in [1.82, 2.24) is 24.6 Å². The quantitative estimate of drug-likeness (QED) is 0.768. The van der Waals surface area contributed by atoms with E-state index in [1.54, 1.807) is 0 Å². The van der Waals surface area contributed by atoms with Crippen molar-refractivity contribution < 1.29 is 13.3 Å². The minimum Gasteiger partial charge on any atom is -0.339 e. The van der Waals surface area contributed by atoms with Gasteiger partial charge in [-0.3, -0.25) is 14.3 Å². The van der Waals surface area contributed by atoms with E-state index in [0.717, 1.165) is 56.6 Å². The van der Waals surface area contributed by atoms with Gasteiger partial charge in [0.05, 0.1) is 12.9 Å². The first-order chi connectivity index (χ1) is 13.1. The molecule has 0 spiro atoms. The third-order valence-corrected chi connectivity index (χ3v) is 5.59. The molecular weight excluding hydrogens is 356 g/mol. The van der Waals surface area contributed by atoms with Gasteiger partial charge in [0.15, 0.2) is 5.82 Å². The molecule has 0 unspecified atom stereocenters. The molecule has 2 aliphatic rings. The van der Waals surface area contributed by atoms with E-state index in [1.165, 1.54) is 17.3 Å². The molecule has 0 radical (unpaired) electrons. The Morgan fingerprint density at radius 2 is 2.00 bits per heavy atom. The maximum Gasteiger partial charge on any atom is 0.280 e. The maximum atomic E-state index is 12.6. The fourth-order valence-corrected chi connectivity index (χ4v) is 3.65. The number of alkyl halides is 2. The Bertz CT molecular complexity index is 825. The Labute approximate surface area is 155 Å². The second kappa shape index (κ2) is 7.84. The van der Waals surface area contributed by atoms with Gasteiger partial charge in [-0.05, 0) is 44.7 Å². The van der Waals surface area contributed by atoms with Gasteiger partial charge < -0.3 is 4.52 Å². The van der Waals surface area contributed by atoms with Gasteiger partial charge >= 0.3 is 0 Å². The lowest BCUT2D eigenvalue weighted by atomic mass is 9.85. The van der Waals surface area contributed by atoms with Crippen molar-refractivity contribution in [2.75, 3.05) is 13.1 Å². The predicted octanol–water partition coefficient (Wildman–Crippen LogP) is 2.74. The highest BCUT2D eigenvalue weighted by atomic mass is 19.3. The van der Waals surface area contributed by atoms with Crippen molar-refractivity contribution in [3.8, 4) is 0 Å². The second-order valence-corrected chi connectivity index (χ2v) is 7.50. The molecule has 0 bridgehead atoms. The molecule has 1 aliphatic carbocycles. The molecule has 0 aromatic carbocycles. The van der Waals surface area contributed by atoms with E-state index >= 15 is 0 Å². The summed E-state index contributed by atoms with van der Waals surface area (Å²) in [6.07, 6.45) is 3.88. The SMILES string of the molecule is O=c1cc(C(F)F)ncn1CC1CCN(Cc2noc(C3CCC3)n2)CC1. The summed E-state index contributed by atoms with van der Waals surface area (Å²) >= 11 is 0. The molecule has 0 N–H and O–H groups in total. The Hall–Kier alpha value is -2.16. The summed E-state index contributed by atoms with van der Waals surface area (Å²) in [5, 5.41) is 4.09. The first kappa shape index (κ1) is 18.2. The fourth-order valence-electron chi connectivity index (χ4n) is 3.65. The van der Waals surface area contributed by atoms with E-state index in [4.69, 9.17) is 4.52 Å². The largest absolute Gasteiger partial charge is 0.339 e. The molecule has 2 aromatic rings. The van der Waals surface area contributed by atoms with Gasteiger partial charge in [-0.15, -0.1) is 0 Å². The number of hydrogen-bond acceptors (Lipinski definition) is 6. The zero-order valence-electron chi connectivity index (χ0n) is 15.1. The molecule has 1 aliphatic heterocycles. The van der Waals surface area contributed by atoms with Gasteiger partial charge in [-0.1, -0.05) is 11.6 Å². The van der Waals surface area contributed by atoms with Crippen LogP contribution in [0, 0.1) is 5.92 Å². The highest BCUT2D eigenvalue weighted by Crippen LogP contribution is 2.35. The second-order valence-electron chi connectivity index (χ2n) is 7.50. The maximum absolute atomic E-state index is 12.6. The number of piperidine rings is 1. The average molecular weight is 379 g/mol. The zero-order chi connectivity index (χ0) is 18.8. The molecule has 9 heteroatoms. The topological polar surface area (TPSA) is 77.0 Å². The van der Waals surface area contributed by atoms with Gasteiger partial charge in [0.25, 0.3) is 12.0 Å². The van der Waals surface area contributed by atoms with Crippen molar-refractivity contribution >= 4 is 0 Å². The molecular formula is C18H23F2N5O2. The lowest BCUT2D eigenvalue weighted by Crippen LogP contribution is -2.36. The highest BCUT2D eigenvalue weighted by molar-refractivity contribution is 5.01. The van der Waals surface area contributed by atoms with E-state index in [0.29, 0.717) is 24.9 Å². The average Bonchev–Trinajstić information content (AvgIpc) is 3.04. The molecule has 0 atom stereocenters. The summed E-state index contributed by atoms with van der Waals surface area (Å²) in [7, 11) is 0. The van der Waals surface area contributed by atoms with Crippen LogP contribution in [0.25, 0.3) is 0 Å². The van der Waals surface area contributed by atoms with Gasteiger partial charge in [0.2, 0.25) is 5.89 Å². The summed E-state index contributed by atoms with van der Waals surface area (Å²) in [6.45, 7) is 2.95. The summed E-state index contributed by atoms with van der Waals surface area (Å²) in [5.41, 5.74) is -0.884. The molecule has 3 heterocycles. The Kier molecular flexibility index (Phi) is 5.29. The number of likely N-dealkylation sites (tertiary alicyclic amines) is 1. The molecule has 4 rings (SSSR count). The van der Waals surface area contributed by atoms with Crippen LogP contribution in [-0.4, -0.2) is 37.7 Å². The number of nitrogens with zero attached hydrogens (tertiary/aromatic N) is 5. The van der Waals surface area contributed by atoms with Gasteiger partial charge in [0, 0.05) is 18.5 Å². The van der Waals surface area contributed by atoms with E-state index in [1.807, 2.05) is 0 Å². The first-order valence-electron chi connectivity index (χ1n) is 9.48. The van der Waals surface area contributed by atoms with Crippen molar-refractivity contribution in [2.24, 2.45) is 5.92 Å². The minimum atomic E-state index is -2.72. The van der Waals surface area contributed by atoms with Gasteiger partial charge in [0.1, 0.15) is 5.69 Å². The molecule has 1 saturated heterocycles. The van der Waals surface area contributed by atoms with Crippen LogP contribution in [0.4, 0.5) is 8.78 Å². The van der Waals surface area contributed by atoms with Crippen LogP contribution in [0.2, 0.25) is 0 Å². The Morgan fingerprint density at radius 3 is 2.63 bits per heavy atom. The van der Waals surface area contributed by atoms with E-state index < -0.39 is 17.7 Å². The van der Waals surface area contributed by atoms with E-state index in [9.17, 15) is 13.6 Å². The third-order valence-electron chi connectivity index (χ3n) is 5.59. The van der Waals surface area contributed by atoms with Crippen molar-refractivity contribution in [2.45, 2.75) is 57.5 Å². The molecule has 2 aromatic heterocycles. The smallest absolute Gasteiger partial charge is 0.280 e. The fraction of sp³-hybridized carbons (Fsp3) is 0.667. The molecule has 0 amide bonds.